The number of allylic oxidation sites excluding steroid dienone is 2. The Morgan fingerprint density at radius 2 is 1.80 bits per heavy atom. The first-order valence-electron chi connectivity index (χ1n) is 3.45. The minimum Gasteiger partial charge on any atom is -0.423 e. The molecule has 0 saturated heterocycles. The lowest BCUT2D eigenvalue weighted by Crippen LogP contribution is -2.18. The Labute approximate surface area is 59.5 Å². The maximum Gasteiger partial charge on any atom is 0.486 e. The van der Waals surface area contributed by atoms with Crippen molar-refractivity contribution in [1.29, 1.82) is 0 Å². The lowest BCUT2D eigenvalue weighted by Gasteiger charge is -2.13. The summed E-state index contributed by atoms with van der Waals surface area (Å²) >= 11 is 0. The molecule has 4 heteroatoms. The van der Waals surface area contributed by atoms with E-state index in [0.29, 0.717) is 12.8 Å². The van der Waals surface area contributed by atoms with Crippen LogP contribution in [0.2, 0.25) is 0 Å². The molecule has 0 atom stereocenters. The molecule has 0 aromatic heterocycles. The third kappa shape index (κ3) is 1.58. The van der Waals surface area contributed by atoms with Gasteiger partial charge in [0.25, 0.3) is 0 Å². The molecule has 0 aromatic rings. The van der Waals surface area contributed by atoms with E-state index in [1.165, 1.54) is 0 Å². The van der Waals surface area contributed by atoms with Gasteiger partial charge in [-0.05, 0) is 31.2 Å². The van der Waals surface area contributed by atoms with Crippen LogP contribution >= 0.6 is 0 Å². The molecule has 10 heavy (non-hydrogen) atoms. The molecule has 56 valence electrons. The van der Waals surface area contributed by atoms with E-state index in [4.69, 9.17) is 10.0 Å². The predicted molar refractivity (Wildman–Crippen MR) is 36.8 cm³/mol. The molecule has 0 fully saturated rings. The highest BCUT2D eigenvalue weighted by molar-refractivity contribution is 6.50. The van der Waals surface area contributed by atoms with Gasteiger partial charge in [-0.25, -0.2) is 4.39 Å². The van der Waals surface area contributed by atoms with Crippen molar-refractivity contribution in [2.75, 3.05) is 0 Å². The maximum absolute atomic E-state index is 12.7. The van der Waals surface area contributed by atoms with Crippen LogP contribution in [0.4, 0.5) is 4.39 Å². The van der Waals surface area contributed by atoms with E-state index in [9.17, 15) is 4.39 Å². The van der Waals surface area contributed by atoms with Crippen LogP contribution in [0.25, 0.3) is 0 Å². The molecule has 0 unspecified atom stereocenters. The minimum atomic E-state index is -1.58. The van der Waals surface area contributed by atoms with Gasteiger partial charge in [-0.2, -0.15) is 0 Å². The Kier molecular flexibility index (Phi) is 2.46. The van der Waals surface area contributed by atoms with E-state index in [0.717, 1.165) is 12.8 Å². The van der Waals surface area contributed by atoms with Crippen LogP contribution in [0.15, 0.2) is 11.3 Å². The molecule has 2 N–H and O–H groups in total. The van der Waals surface area contributed by atoms with Gasteiger partial charge in [-0.1, -0.05) is 0 Å². The van der Waals surface area contributed by atoms with Crippen molar-refractivity contribution in [2.24, 2.45) is 0 Å². The summed E-state index contributed by atoms with van der Waals surface area (Å²) in [6.07, 6.45) is 2.54. The zero-order valence-corrected chi connectivity index (χ0v) is 5.68. The fraction of sp³-hybridized carbons (Fsp3) is 0.667. The monoisotopic (exact) mass is 144 g/mol. The normalized spacial score (nSPS) is 19.5. The first-order chi connectivity index (χ1) is 4.72. The fourth-order valence-electron chi connectivity index (χ4n) is 1.16. The Hall–Kier alpha value is -0.345. The second kappa shape index (κ2) is 3.17. The number of hydrogen-bond acceptors (Lipinski definition) is 2. The zero-order valence-electron chi connectivity index (χ0n) is 5.68. The molecule has 0 heterocycles. The topological polar surface area (TPSA) is 40.5 Å². The van der Waals surface area contributed by atoms with Gasteiger partial charge in [-0.15, -0.1) is 0 Å². The molecule has 0 aliphatic heterocycles. The van der Waals surface area contributed by atoms with Crippen LogP contribution in [0, 0.1) is 0 Å². The third-order valence-electron chi connectivity index (χ3n) is 1.75. The summed E-state index contributed by atoms with van der Waals surface area (Å²) in [6.45, 7) is 0. The van der Waals surface area contributed by atoms with Crippen molar-refractivity contribution < 1.29 is 14.4 Å². The Balaban J connectivity index is 2.68. The van der Waals surface area contributed by atoms with Crippen molar-refractivity contribution in [1.82, 2.24) is 0 Å². The third-order valence-corrected chi connectivity index (χ3v) is 1.75. The largest absolute Gasteiger partial charge is 0.486 e. The Morgan fingerprint density at radius 3 is 2.20 bits per heavy atom. The molecule has 1 rings (SSSR count). The summed E-state index contributed by atoms with van der Waals surface area (Å²) in [6, 6.07) is 0. The van der Waals surface area contributed by atoms with E-state index in [1.807, 2.05) is 0 Å². The predicted octanol–water partition coefficient (Wildman–Crippen LogP) is 0.796. The average molecular weight is 144 g/mol. The van der Waals surface area contributed by atoms with Gasteiger partial charge in [0.2, 0.25) is 0 Å². The van der Waals surface area contributed by atoms with Crippen LogP contribution in [0.3, 0.4) is 0 Å². The summed E-state index contributed by atoms with van der Waals surface area (Å²) < 4.78 is 12.7. The smallest absolute Gasteiger partial charge is 0.423 e. The van der Waals surface area contributed by atoms with Gasteiger partial charge >= 0.3 is 7.12 Å². The van der Waals surface area contributed by atoms with E-state index in [-0.39, 0.29) is 11.3 Å². The molecule has 2 nitrogen and oxygen atoms in total. The molecule has 1 aliphatic rings. The second-order valence-corrected chi connectivity index (χ2v) is 2.51. The maximum atomic E-state index is 12.7. The van der Waals surface area contributed by atoms with Gasteiger partial charge in [-0.3, -0.25) is 0 Å². The van der Waals surface area contributed by atoms with E-state index >= 15 is 0 Å². The molecule has 1 aliphatic carbocycles. The lowest BCUT2D eigenvalue weighted by atomic mass is 9.73. The highest BCUT2D eigenvalue weighted by Gasteiger charge is 2.22. The van der Waals surface area contributed by atoms with Gasteiger partial charge in [0, 0.05) is 0 Å². The van der Waals surface area contributed by atoms with Gasteiger partial charge < -0.3 is 10.0 Å². The molecule has 0 amide bonds. The molecule has 0 saturated carbocycles. The van der Waals surface area contributed by atoms with Crippen molar-refractivity contribution in [3.63, 3.8) is 0 Å². The van der Waals surface area contributed by atoms with Gasteiger partial charge in [0.1, 0.15) is 0 Å². The standard InChI is InChI=1S/C6H10BFO2/c8-6-4-2-1-3-5(6)7(9)10/h9-10H,1-4H2. The molecule has 0 bridgehead atoms. The molecule has 0 spiro atoms. The highest BCUT2D eigenvalue weighted by Crippen LogP contribution is 2.25. The quantitative estimate of drug-likeness (QED) is 0.534. The number of hydrogen-bond donors (Lipinski definition) is 2. The summed E-state index contributed by atoms with van der Waals surface area (Å²) in [4.78, 5) is 0. The van der Waals surface area contributed by atoms with Crippen LogP contribution in [0.1, 0.15) is 25.7 Å². The second-order valence-electron chi connectivity index (χ2n) is 2.51. The highest BCUT2D eigenvalue weighted by atomic mass is 19.1. The number of halogens is 1. The average Bonchev–Trinajstić information content (AvgIpc) is 1.88. The molecular formula is C6H10BFO2. The van der Waals surface area contributed by atoms with Crippen LogP contribution < -0.4 is 0 Å². The van der Waals surface area contributed by atoms with E-state index in [2.05, 4.69) is 0 Å². The zero-order chi connectivity index (χ0) is 7.56. The summed E-state index contributed by atoms with van der Waals surface area (Å²) in [7, 11) is -1.58. The van der Waals surface area contributed by atoms with Crippen LogP contribution in [0.5, 0.6) is 0 Å². The fourth-order valence-corrected chi connectivity index (χ4v) is 1.16. The SMILES string of the molecule is OB(O)C1=C(F)CCCC1. The van der Waals surface area contributed by atoms with E-state index < -0.39 is 7.12 Å². The van der Waals surface area contributed by atoms with E-state index in [1.54, 1.807) is 0 Å². The summed E-state index contributed by atoms with van der Waals surface area (Å²) in [5.74, 6) is -0.332. The number of rotatable bonds is 1. The first kappa shape index (κ1) is 7.76. The van der Waals surface area contributed by atoms with Crippen molar-refractivity contribution >= 4 is 7.12 Å². The summed E-state index contributed by atoms with van der Waals surface area (Å²) in [5, 5.41) is 17.2. The van der Waals surface area contributed by atoms with Crippen molar-refractivity contribution in [3.05, 3.63) is 11.3 Å². The van der Waals surface area contributed by atoms with Crippen molar-refractivity contribution in [2.45, 2.75) is 25.7 Å². The Bertz CT molecular complexity index is 156. The molecule has 0 radical (unpaired) electrons. The molecule has 0 aromatic carbocycles. The Morgan fingerprint density at radius 1 is 1.20 bits per heavy atom. The van der Waals surface area contributed by atoms with Crippen LogP contribution in [-0.4, -0.2) is 17.2 Å². The van der Waals surface area contributed by atoms with Gasteiger partial charge in [0.05, 0.1) is 5.83 Å². The van der Waals surface area contributed by atoms with Crippen molar-refractivity contribution in [3.8, 4) is 0 Å². The van der Waals surface area contributed by atoms with Gasteiger partial charge in [0.15, 0.2) is 0 Å². The van der Waals surface area contributed by atoms with Crippen LogP contribution in [-0.2, 0) is 0 Å². The minimum absolute atomic E-state index is 0.172. The lowest BCUT2D eigenvalue weighted by molar-refractivity contribution is 0.405. The summed E-state index contributed by atoms with van der Waals surface area (Å²) in [5.41, 5.74) is 0.172. The first-order valence-corrected chi connectivity index (χ1v) is 3.45. The molecular weight excluding hydrogens is 134 g/mol.